The lowest BCUT2D eigenvalue weighted by Gasteiger charge is -2.11. The summed E-state index contributed by atoms with van der Waals surface area (Å²) in [6.07, 6.45) is 0.968. The number of hydrogen-bond acceptors (Lipinski definition) is 4. The Morgan fingerprint density at radius 3 is 2.58 bits per heavy atom. The summed E-state index contributed by atoms with van der Waals surface area (Å²) in [5, 5.41) is -0.0233. The second-order valence-electron chi connectivity index (χ2n) is 3.48. The highest BCUT2D eigenvalue weighted by Crippen LogP contribution is 2.27. The van der Waals surface area contributed by atoms with Crippen molar-refractivity contribution in [2.24, 2.45) is 0 Å². The maximum atomic E-state index is 12.3. The Labute approximate surface area is 104 Å². The summed E-state index contributed by atoms with van der Waals surface area (Å²) in [5.74, 6) is 0. The summed E-state index contributed by atoms with van der Waals surface area (Å²) >= 11 is 0. The van der Waals surface area contributed by atoms with Crippen LogP contribution in [0.1, 0.15) is 0 Å². The van der Waals surface area contributed by atoms with Gasteiger partial charge in [0.1, 0.15) is 5.52 Å². The van der Waals surface area contributed by atoms with Gasteiger partial charge in [0.05, 0.1) is 17.4 Å². The maximum Gasteiger partial charge on any atom is 0.516 e. The van der Waals surface area contributed by atoms with Crippen LogP contribution in [0.4, 0.5) is 18.9 Å². The van der Waals surface area contributed by atoms with Crippen LogP contribution in [0.3, 0.4) is 0 Å². The predicted molar refractivity (Wildman–Crippen MR) is 61.0 cm³/mol. The molecule has 2 aromatic rings. The van der Waals surface area contributed by atoms with Gasteiger partial charge in [-0.2, -0.15) is 21.6 Å². The molecule has 0 saturated heterocycles. The number of benzene rings is 1. The first-order valence-electron chi connectivity index (χ1n) is 4.78. The lowest BCUT2D eigenvalue weighted by atomic mass is 10.2. The number of H-pyrrole nitrogens is 1. The summed E-state index contributed by atoms with van der Waals surface area (Å²) in [6.45, 7) is 0. The number of para-hydroxylation sites is 1. The molecule has 1 aromatic carbocycles. The number of hydrogen-bond donors (Lipinski definition) is 2. The van der Waals surface area contributed by atoms with Crippen LogP contribution in [-0.2, 0) is 10.0 Å². The molecular formula is C9H6F3N3O3S. The van der Waals surface area contributed by atoms with Crippen molar-refractivity contribution in [1.29, 1.82) is 0 Å². The molecule has 102 valence electrons. The molecule has 19 heavy (non-hydrogen) atoms. The van der Waals surface area contributed by atoms with Crippen LogP contribution in [-0.4, -0.2) is 23.9 Å². The largest absolute Gasteiger partial charge is 0.516 e. The average molecular weight is 293 g/mol. The normalized spacial score (nSPS) is 12.6. The third-order valence-corrected chi connectivity index (χ3v) is 3.32. The van der Waals surface area contributed by atoms with Crippen molar-refractivity contribution in [3.05, 3.63) is 34.9 Å². The minimum Gasteiger partial charge on any atom is -0.313 e. The number of aromatic amines is 1. The van der Waals surface area contributed by atoms with Crippen LogP contribution in [0.25, 0.3) is 10.9 Å². The Morgan fingerprint density at radius 2 is 1.95 bits per heavy atom. The molecular weight excluding hydrogens is 287 g/mol. The molecule has 10 heteroatoms. The van der Waals surface area contributed by atoms with Crippen molar-refractivity contribution < 1.29 is 21.6 Å². The SMILES string of the molecule is O=c1[nH]cnc2c(NS(=O)(=O)C(F)(F)F)cccc12. The molecule has 1 heterocycles. The van der Waals surface area contributed by atoms with Crippen LogP contribution in [0.2, 0.25) is 0 Å². The highest BCUT2D eigenvalue weighted by molar-refractivity contribution is 7.93. The summed E-state index contributed by atoms with van der Waals surface area (Å²) in [4.78, 5) is 17.3. The molecule has 0 spiro atoms. The molecule has 6 nitrogen and oxygen atoms in total. The van der Waals surface area contributed by atoms with Gasteiger partial charge in [-0.1, -0.05) is 6.07 Å². The monoisotopic (exact) mass is 293 g/mol. The number of sulfonamides is 1. The minimum absolute atomic E-state index is 0.0233. The first-order chi connectivity index (χ1) is 8.72. The zero-order valence-corrected chi connectivity index (χ0v) is 9.84. The fraction of sp³-hybridized carbons (Fsp3) is 0.111. The number of aromatic nitrogens is 2. The molecule has 1 aromatic heterocycles. The number of halogens is 3. The standard InChI is InChI=1S/C9H6F3N3O3S/c10-9(11,12)19(17,18)15-6-3-1-2-5-7(6)13-4-14-8(5)16/h1-4,15H,(H,13,14,16). The van der Waals surface area contributed by atoms with Crippen molar-refractivity contribution in [3.8, 4) is 0 Å². The molecule has 0 fully saturated rings. The molecule has 0 atom stereocenters. The molecule has 0 unspecified atom stereocenters. The van der Waals surface area contributed by atoms with E-state index in [1.807, 2.05) is 0 Å². The molecule has 0 aliphatic carbocycles. The number of fused-ring (bicyclic) bond motifs is 1. The van der Waals surface area contributed by atoms with Gasteiger partial charge in [-0.3, -0.25) is 9.52 Å². The van der Waals surface area contributed by atoms with Crippen LogP contribution in [0.5, 0.6) is 0 Å². The van der Waals surface area contributed by atoms with Gasteiger partial charge in [0.2, 0.25) is 0 Å². The van der Waals surface area contributed by atoms with E-state index in [9.17, 15) is 26.4 Å². The van der Waals surface area contributed by atoms with Gasteiger partial charge in [-0.05, 0) is 12.1 Å². The fourth-order valence-corrected chi connectivity index (χ4v) is 1.95. The van der Waals surface area contributed by atoms with E-state index >= 15 is 0 Å². The molecule has 0 aliphatic heterocycles. The fourth-order valence-electron chi connectivity index (χ4n) is 1.38. The average Bonchev–Trinajstić information content (AvgIpc) is 2.28. The van der Waals surface area contributed by atoms with Crippen molar-refractivity contribution in [3.63, 3.8) is 0 Å². The van der Waals surface area contributed by atoms with E-state index in [1.54, 1.807) is 0 Å². The molecule has 0 aliphatic rings. The maximum absolute atomic E-state index is 12.3. The third-order valence-electron chi connectivity index (χ3n) is 2.22. The van der Waals surface area contributed by atoms with Gasteiger partial charge >= 0.3 is 15.5 Å². The van der Waals surface area contributed by atoms with Gasteiger partial charge in [-0.15, -0.1) is 0 Å². The highest BCUT2D eigenvalue weighted by Gasteiger charge is 2.46. The van der Waals surface area contributed by atoms with Crippen molar-refractivity contribution >= 4 is 26.6 Å². The van der Waals surface area contributed by atoms with Crippen LogP contribution < -0.4 is 10.3 Å². The van der Waals surface area contributed by atoms with Crippen molar-refractivity contribution in [2.75, 3.05) is 4.72 Å². The summed E-state index contributed by atoms with van der Waals surface area (Å²) in [7, 11) is -5.56. The van der Waals surface area contributed by atoms with E-state index in [-0.39, 0.29) is 10.9 Å². The Morgan fingerprint density at radius 1 is 1.26 bits per heavy atom. The number of rotatable bonds is 2. The highest BCUT2D eigenvalue weighted by atomic mass is 32.2. The van der Waals surface area contributed by atoms with Crippen molar-refractivity contribution in [1.82, 2.24) is 9.97 Å². The van der Waals surface area contributed by atoms with Gasteiger partial charge in [0.25, 0.3) is 5.56 Å². The second-order valence-corrected chi connectivity index (χ2v) is 5.16. The van der Waals surface area contributed by atoms with E-state index in [2.05, 4.69) is 9.97 Å². The van der Waals surface area contributed by atoms with E-state index < -0.39 is 26.8 Å². The molecule has 2 N–H and O–H groups in total. The van der Waals surface area contributed by atoms with Gasteiger partial charge in [0, 0.05) is 0 Å². The van der Waals surface area contributed by atoms with Gasteiger partial charge in [-0.25, -0.2) is 4.98 Å². The van der Waals surface area contributed by atoms with Crippen molar-refractivity contribution in [2.45, 2.75) is 5.51 Å². The lowest BCUT2D eigenvalue weighted by Crippen LogP contribution is -2.30. The Bertz CT molecular complexity index is 782. The first kappa shape index (κ1) is 13.3. The van der Waals surface area contributed by atoms with Crippen LogP contribution in [0, 0.1) is 0 Å². The summed E-state index contributed by atoms with van der Waals surface area (Å²) in [6, 6.07) is 3.64. The van der Waals surface area contributed by atoms with E-state index in [1.165, 1.54) is 16.9 Å². The van der Waals surface area contributed by atoms with E-state index in [0.29, 0.717) is 0 Å². The Balaban J connectivity index is 2.60. The van der Waals surface area contributed by atoms with Gasteiger partial charge < -0.3 is 4.98 Å². The first-order valence-corrected chi connectivity index (χ1v) is 6.26. The second kappa shape index (κ2) is 4.23. The summed E-state index contributed by atoms with van der Waals surface area (Å²) in [5.41, 5.74) is -6.62. The number of anilines is 1. The Kier molecular flexibility index (Phi) is 2.97. The zero-order valence-electron chi connectivity index (χ0n) is 9.02. The molecule has 0 bridgehead atoms. The molecule has 0 saturated carbocycles. The smallest absolute Gasteiger partial charge is 0.313 e. The number of alkyl halides is 3. The Hall–Kier alpha value is -2.10. The minimum atomic E-state index is -5.56. The molecule has 0 amide bonds. The van der Waals surface area contributed by atoms with E-state index in [4.69, 9.17) is 0 Å². The van der Waals surface area contributed by atoms with Crippen LogP contribution in [0.15, 0.2) is 29.3 Å². The number of nitrogens with zero attached hydrogens (tertiary/aromatic N) is 1. The molecule has 2 rings (SSSR count). The zero-order chi connectivity index (χ0) is 14.3. The van der Waals surface area contributed by atoms with Gasteiger partial charge in [0.15, 0.2) is 0 Å². The van der Waals surface area contributed by atoms with Crippen LogP contribution >= 0.6 is 0 Å². The lowest BCUT2D eigenvalue weighted by molar-refractivity contribution is -0.0429. The van der Waals surface area contributed by atoms with E-state index in [0.717, 1.165) is 12.4 Å². The third kappa shape index (κ3) is 2.38. The molecule has 0 radical (unpaired) electrons. The number of nitrogens with one attached hydrogen (secondary N) is 2. The topological polar surface area (TPSA) is 91.9 Å². The summed E-state index contributed by atoms with van der Waals surface area (Å²) < 4.78 is 60.1. The quantitative estimate of drug-likeness (QED) is 0.869. The predicted octanol–water partition coefficient (Wildman–Crippen LogP) is 1.18.